The van der Waals surface area contributed by atoms with E-state index in [1.54, 1.807) is 6.92 Å². The van der Waals surface area contributed by atoms with Crippen LogP contribution in [0.25, 0.3) is 0 Å². The van der Waals surface area contributed by atoms with Crippen LogP contribution in [0.2, 0.25) is 0 Å². The van der Waals surface area contributed by atoms with Gasteiger partial charge in [0.15, 0.2) is 5.76 Å². The first-order chi connectivity index (χ1) is 13.1. The first-order valence-electron chi connectivity index (χ1n) is 7.86. The monoisotopic (exact) mass is 582 g/mol. The average Bonchev–Trinajstić information content (AvgIpc) is 2.86. The Bertz CT molecular complexity index is 763. The molecule has 176 valence electrons. The van der Waals surface area contributed by atoms with E-state index in [9.17, 15) is 57.1 Å². The Morgan fingerprint density at radius 3 is 1.57 bits per heavy atom. The van der Waals surface area contributed by atoms with Crippen molar-refractivity contribution >= 4 is 22.6 Å². The summed E-state index contributed by atoms with van der Waals surface area (Å²) in [7, 11) is 0. The number of furan rings is 1. The largest absolute Gasteiger partial charge is 0.460 e. The Kier molecular flexibility index (Phi) is 7.15. The van der Waals surface area contributed by atoms with E-state index in [2.05, 4.69) is 4.42 Å². The molecule has 0 radical (unpaired) electrons. The average molecular weight is 582 g/mol. The quantitative estimate of drug-likeness (QED) is 0.226. The molecule has 0 N–H and O–H groups in total. The van der Waals surface area contributed by atoms with Crippen LogP contribution in [0.4, 0.5) is 57.1 Å². The minimum atomic E-state index is -7.93. The van der Waals surface area contributed by atoms with E-state index < -0.39 is 52.9 Å². The summed E-state index contributed by atoms with van der Waals surface area (Å²) in [6.07, 6.45) is -6.87. The first kappa shape index (κ1) is 27.1. The summed E-state index contributed by atoms with van der Waals surface area (Å²) in [5.41, 5.74) is -0.881. The maximum atomic E-state index is 14.2. The fourth-order valence-electron chi connectivity index (χ4n) is 2.26. The molecule has 1 aromatic heterocycles. The zero-order chi connectivity index (χ0) is 24.1. The van der Waals surface area contributed by atoms with Crippen LogP contribution in [0, 0.1) is 10.5 Å². The van der Waals surface area contributed by atoms with E-state index in [0.29, 0.717) is 13.3 Å². The van der Waals surface area contributed by atoms with Gasteiger partial charge >= 0.3 is 35.8 Å². The van der Waals surface area contributed by atoms with Crippen LogP contribution in [-0.2, 0) is 12.3 Å². The molecule has 1 rings (SSSR count). The van der Waals surface area contributed by atoms with Crippen molar-refractivity contribution < 1.29 is 61.5 Å². The summed E-state index contributed by atoms with van der Waals surface area (Å²) in [5.74, 6) is -39.9. The zero-order valence-corrected chi connectivity index (χ0v) is 17.0. The summed E-state index contributed by atoms with van der Waals surface area (Å²) >= 11 is 1.32. The highest BCUT2D eigenvalue weighted by molar-refractivity contribution is 14.1. The molecule has 0 amide bonds. The van der Waals surface area contributed by atoms with Crippen LogP contribution in [-0.4, -0.2) is 29.9 Å². The normalized spacial score (nSPS) is 15.1. The number of rotatable bonds is 8. The lowest BCUT2D eigenvalue weighted by molar-refractivity contribution is -0.442. The van der Waals surface area contributed by atoms with Crippen molar-refractivity contribution in [1.82, 2.24) is 0 Å². The molecule has 0 aliphatic rings. The molecule has 0 bridgehead atoms. The molecule has 0 aliphatic carbocycles. The van der Waals surface area contributed by atoms with Crippen LogP contribution >= 0.6 is 22.6 Å². The van der Waals surface area contributed by atoms with E-state index in [4.69, 9.17) is 0 Å². The van der Waals surface area contributed by atoms with E-state index in [0.717, 1.165) is 0 Å². The van der Waals surface area contributed by atoms with Gasteiger partial charge in [0.25, 0.3) is 0 Å². The lowest BCUT2D eigenvalue weighted by atomic mass is 9.92. The van der Waals surface area contributed by atoms with Crippen molar-refractivity contribution in [2.75, 3.05) is 0 Å². The van der Waals surface area contributed by atoms with Gasteiger partial charge < -0.3 is 4.42 Å². The van der Waals surface area contributed by atoms with Crippen molar-refractivity contribution in [2.45, 2.75) is 68.9 Å². The van der Waals surface area contributed by atoms with Gasteiger partial charge in [-0.05, 0) is 35.9 Å². The third kappa shape index (κ3) is 3.76. The standard InChI is InChI=1S/C15H12F13IO/c1-3-4-5-7-8(29)6(2)9(30-7)10(16,17)11(18,19)12(20,21)13(22,23)14(24,25)15(26,27)28/h3-5H2,1-2H3. The third-order valence-corrected chi connectivity index (χ3v) is 5.53. The van der Waals surface area contributed by atoms with Crippen LogP contribution in [0.5, 0.6) is 0 Å². The number of hydrogen-bond acceptors (Lipinski definition) is 1. The Morgan fingerprint density at radius 1 is 0.733 bits per heavy atom. The molecule has 0 atom stereocenters. The number of halogens is 14. The van der Waals surface area contributed by atoms with Gasteiger partial charge in [0.05, 0.1) is 3.57 Å². The van der Waals surface area contributed by atoms with Gasteiger partial charge in [-0.2, -0.15) is 57.1 Å². The van der Waals surface area contributed by atoms with Crippen LogP contribution in [0.15, 0.2) is 4.42 Å². The van der Waals surface area contributed by atoms with Crippen LogP contribution in [0.3, 0.4) is 0 Å². The summed E-state index contributed by atoms with van der Waals surface area (Å²) in [5, 5.41) is 0. The number of alkyl halides is 13. The molecule has 0 unspecified atom stereocenters. The molecule has 1 heterocycles. The molecule has 0 saturated heterocycles. The highest BCUT2D eigenvalue weighted by Gasteiger charge is 2.91. The summed E-state index contributed by atoms with van der Waals surface area (Å²) < 4.78 is 176. The second kappa shape index (κ2) is 7.90. The van der Waals surface area contributed by atoms with Gasteiger partial charge in [-0.25, -0.2) is 0 Å². The van der Waals surface area contributed by atoms with Gasteiger partial charge in [-0.1, -0.05) is 13.3 Å². The highest BCUT2D eigenvalue weighted by atomic mass is 127. The second-order valence-corrected chi connectivity index (χ2v) is 7.35. The molecule has 0 aliphatic heterocycles. The third-order valence-electron chi connectivity index (χ3n) is 4.12. The van der Waals surface area contributed by atoms with Crippen molar-refractivity contribution in [1.29, 1.82) is 0 Å². The van der Waals surface area contributed by atoms with Crippen molar-refractivity contribution in [3.05, 3.63) is 20.7 Å². The Morgan fingerprint density at radius 2 is 1.17 bits per heavy atom. The molecule has 0 aromatic carbocycles. The summed E-state index contributed by atoms with van der Waals surface area (Å²) in [6.45, 7) is 2.32. The van der Waals surface area contributed by atoms with Crippen LogP contribution in [0.1, 0.15) is 36.8 Å². The molecule has 1 nitrogen and oxygen atoms in total. The van der Waals surface area contributed by atoms with Gasteiger partial charge in [0.1, 0.15) is 5.76 Å². The molecule has 15 heteroatoms. The zero-order valence-electron chi connectivity index (χ0n) is 14.8. The molecular formula is C15H12F13IO. The molecule has 30 heavy (non-hydrogen) atoms. The Balaban J connectivity index is 3.61. The maximum absolute atomic E-state index is 14.2. The van der Waals surface area contributed by atoms with Gasteiger partial charge in [-0.3, -0.25) is 0 Å². The predicted molar refractivity (Wildman–Crippen MR) is 84.5 cm³/mol. The van der Waals surface area contributed by atoms with E-state index in [1.807, 2.05) is 0 Å². The fraction of sp³-hybridized carbons (Fsp3) is 0.733. The SMILES string of the molecule is CCCCc1oc(C(F)(F)C(F)(F)C(F)(F)C(F)(F)C(F)(F)C(F)(F)F)c(C)c1I. The van der Waals surface area contributed by atoms with Gasteiger partial charge in [-0.15, -0.1) is 0 Å². The number of aryl methyl sites for hydroxylation is 1. The van der Waals surface area contributed by atoms with Crippen molar-refractivity contribution in [3.63, 3.8) is 0 Å². The molecule has 0 saturated carbocycles. The minimum absolute atomic E-state index is 0.143. The molecule has 1 aromatic rings. The van der Waals surface area contributed by atoms with Crippen molar-refractivity contribution in [3.8, 4) is 0 Å². The van der Waals surface area contributed by atoms with Crippen molar-refractivity contribution in [2.24, 2.45) is 0 Å². The van der Waals surface area contributed by atoms with E-state index >= 15 is 0 Å². The minimum Gasteiger partial charge on any atom is -0.458 e. The maximum Gasteiger partial charge on any atom is 0.460 e. The number of hydrogen-bond donors (Lipinski definition) is 0. The Labute approximate surface area is 174 Å². The highest BCUT2D eigenvalue weighted by Crippen LogP contribution is 2.62. The second-order valence-electron chi connectivity index (χ2n) is 6.27. The molecule has 0 spiro atoms. The van der Waals surface area contributed by atoms with Gasteiger partial charge in [0.2, 0.25) is 0 Å². The molecular weight excluding hydrogens is 570 g/mol. The van der Waals surface area contributed by atoms with Crippen LogP contribution < -0.4 is 0 Å². The van der Waals surface area contributed by atoms with E-state index in [-0.39, 0.29) is 16.4 Å². The smallest absolute Gasteiger partial charge is 0.458 e. The van der Waals surface area contributed by atoms with Gasteiger partial charge in [0, 0.05) is 12.0 Å². The summed E-state index contributed by atoms with van der Waals surface area (Å²) in [6, 6.07) is 0. The Hall–Kier alpha value is -0.900. The summed E-state index contributed by atoms with van der Waals surface area (Å²) in [4.78, 5) is 0. The topological polar surface area (TPSA) is 13.1 Å². The lowest BCUT2D eigenvalue weighted by Gasteiger charge is -2.39. The fourth-order valence-corrected chi connectivity index (χ4v) is 2.89. The number of unbranched alkanes of at least 4 members (excludes halogenated alkanes) is 1. The van der Waals surface area contributed by atoms with E-state index in [1.165, 1.54) is 22.6 Å². The first-order valence-corrected chi connectivity index (χ1v) is 8.94. The predicted octanol–water partition coefficient (Wildman–Crippen LogP) is 7.73. The molecule has 0 fully saturated rings. The lowest BCUT2D eigenvalue weighted by Crippen LogP contribution is -2.69.